The van der Waals surface area contributed by atoms with E-state index in [4.69, 9.17) is 4.74 Å². The van der Waals surface area contributed by atoms with Crippen molar-refractivity contribution < 1.29 is 67.7 Å². The number of hydrogen-bond donors (Lipinski definition) is 0. The zero-order valence-corrected chi connectivity index (χ0v) is 17.9. The average Bonchev–Trinajstić information content (AvgIpc) is 2.41. The minimum Gasteiger partial charge on any atom is -0.648 e. The third-order valence-electron chi connectivity index (χ3n) is 2.83. The van der Waals surface area contributed by atoms with E-state index in [9.17, 15) is 4.79 Å². The average molecular weight is 348 g/mol. The van der Waals surface area contributed by atoms with Crippen LogP contribution in [-0.2, 0) is 16.1 Å². The first-order valence-electron chi connectivity index (χ1n) is 7.00. The van der Waals surface area contributed by atoms with Crippen molar-refractivity contribution in [2.45, 2.75) is 39.7 Å². The molecule has 3 nitrogen and oxygen atoms in total. The monoisotopic (exact) mass is 347 g/mol. The summed E-state index contributed by atoms with van der Waals surface area (Å²) < 4.78 is 5.32. The number of nitrogens with zero attached hydrogens (tertiary/aromatic N) is 1. The van der Waals surface area contributed by atoms with Crippen molar-refractivity contribution in [2.24, 2.45) is 5.92 Å². The Labute approximate surface area is 171 Å². The zero-order chi connectivity index (χ0) is 13.9. The van der Waals surface area contributed by atoms with Crippen LogP contribution in [0.4, 0.5) is 0 Å². The number of benzene rings is 1. The van der Waals surface area contributed by atoms with Crippen molar-refractivity contribution in [3.05, 3.63) is 41.2 Å². The van der Waals surface area contributed by atoms with Gasteiger partial charge in [-0.25, -0.2) is 0 Å². The van der Waals surface area contributed by atoms with Gasteiger partial charge in [0, 0.05) is 6.61 Å². The largest absolute Gasteiger partial charge is 1.00 e. The molecule has 0 saturated carbocycles. The van der Waals surface area contributed by atoms with E-state index >= 15 is 0 Å². The van der Waals surface area contributed by atoms with E-state index in [-0.39, 0.29) is 70.7 Å². The van der Waals surface area contributed by atoms with Gasteiger partial charge in [-0.15, -0.1) is 6.54 Å². The second kappa shape index (κ2) is 13.1. The Morgan fingerprint density at radius 2 is 1.90 bits per heavy atom. The van der Waals surface area contributed by atoms with Crippen molar-refractivity contribution in [3.63, 3.8) is 0 Å². The van der Waals surface area contributed by atoms with Crippen LogP contribution in [0.15, 0.2) is 30.3 Å². The minimum atomic E-state index is -0.173. The summed E-state index contributed by atoms with van der Waals surface area (Å²) in [6, 6.07) is 9.76. The summed E-state index contributed by atoms with van der Waals surface area (Å²) in [5.74, 6) is 0.565. The Kier molecular flexibility index (Phi) is 13.4. The predicted octanol–water partition coefficient (Wildman–Crippen LogP) is 0.934. The number of carbonyl (C=O) groups is 1. The Morgan fingerprint density at radius 3 is 2.55 bits per heavy atom. The molecule has 0 heterocycles. The SMILES string of the molecule is CC(C)CCCCOCC(=O)[N-]Cc1ccccc1.[Rb+]. The number of unbranched alkanes of at least 4 members (excludes halogenated alkanes) is 1. The summed E-state index contributed by atoms with van der Waals surface area (Å²) in [7, 11) is 0. The predicted molar refractivity (Wildman–Crippen MR) is 78.0 cm³/mol. The third-order valence-corrected chi connectivity index (χ3v) is 2.83. The smallest absolute Gasteiger partial charge is 0.648 e. The van der Waals surface area contributed by atoms with Crippen LogP contribution in [0.5, 0.6) is 0 Å². The van der Waals surface area contributed by atoms with Crippen molar-refractivity contribution in [1.29, 1.82) is 0 Å². The molecule has 0 aromatic heterocycles. The topological polar surface area (TPSA) is 40.4 Å². The Hall–Kier alpha value is 0.455. The van der Waals surface area contributed by atoms with Crippen LogP contribution < -0.4 is 58.2 Å². The first-order chi connectivity index (χ1) is 9.18. The summed E-state index contributed by atoms with van der Waals surface area (Å²) in [6.07, 6.45) is 3.40. The molecular formula is C16H24NO2Rb. The first-order valence-corrected chi connectivity index (χ1v) is 7.00. The van der Waals surface area contributed by atoms with Gasteiger partial charge in [0.15, 0.2) is 0 Å². The maximum Gasteiger partial charge on any atom is 1.00 e. The second-order valence-electron chi connectivity index (χ2n) is 5.14. The fraction of sp³-hybridized carbons (Fsp3) is 0.562. The van der Waals surface area contributed by atoms with Gasteiger partial charge < -0.3 is 14.8 Å². The van der Waals surface area contributed by atoms with Crippen LogP contribution in [0, 0.1) is 5.92 Å². The molecule has 0 N–H and O–H groups in total. The molecular weight excluding hydrogens is 324 g/mol. The third kappa shape index (κ3) is 11.2. The molecule has 0 radical (unpaired) electrons. The molecule has 0 fully saturated rings. The van der Waals surface area contributed by atoms with Gasteiger partial charge in [0.2, 0.25) is 0 Å². The van der Waals surface area contributed by atoms with Crippen molar-refractivity contribution >= 4 is 5.91 Å². The molecule has 4 heteroatoms. The van der Waals surface area contributed by atoms with Crippen LogP contribution in [-0.4, -0.2) is 19.1 Å². The van der Waals surface area contributed by atoms with Gasteiger partial charge in [-0.3, -0.25) is 0 Å². The van der Waals surface area contributed by atoms with Crippen LogP contribution >= 0.6 is 0 Å². The summed E-state index contributed by atoms with van der Waals surface area (Å²) in [4.78, 5) is 11.5. The molecule has 0 aliphatic rings. The van der Waals surface area contributed by atoms with E-state index in [0.29, 0.717) is 13.2 Å². The quantitative estimate of drug-likeness (QED) is 0.624. The fourth-order valence-corrected chi connectivity index (χ4v) is 1.72. The standard InChI is InChI=1S/C16H25NO2.Rb/c1-14(2)8-6-7-11-19-13-16(18)17-12-15-9-4-3-5-10-15;/h3-5,9-10,14H,6-8,11-13H2,1-2H3,(H,17,18);/q;+1/p-1. The maximum atomic E-state index is 11.5. The van der Waals surface area contributed by atoms with Crippen LogP contribution in [0.25, 0.3) is 5.32 Å². The molecule has 1 amide bonds. The molecule has 0 atom stereocenters. The van der Waals surface area contributed by atoms with Crippen LogP contribution in [0.3, 0.4) is 0 Å². The van der Waals surface area contributed by atoms with Gasteiger partial charge in [0.1, 0.15) is 0 Å². The van der Waals surface area contributed by atoms with E-state index in [1.165, 1.54) is 6.42 Å². The minimum absolute atomic E-state index is 0. The molecule has 0 spiro atoms. The Bertz CT molecular complexity index is 355. The van der Waals surface area contributed by atoms with Gasteiger partial charge in [-0.1, -0.05) is 62.6 Å². The van der Waals surface area contributed by atoms with Gasteiger partial charge >= 0.3 is 58.2 Å². The molecule has 0 saturated heterocycles. The van der Waals surface area contributed by atoms with Crippen molar-refractivity contribution in [2.75, 3.05) is 13.2 Å². The molecule has 20 heavy (non-hydrogen) atoms. The fourth-order valence-electron chi connectivity index (χ4n) is 1.72. The van der Waals surface area contributed by atoms with Gasteiger partial charge in [0.25, 0.3) is 0 Å². The van der Waals surface area contributed by atoms with Crippen molar-refractivity contribution in [1.82, 2.24) is 0 Å². The summed E-state index contributed by atoms with van der Waals surface area (Å²) in [5.41, 5.74) is 1.05. The Balaban J connectivity index is 0.00000361. The molecule has 0 unspecified atom stereocenters. The van der Waals surface area contributed by atoms with E-state index in [0.717, 1.165) is 24.3 Å². The number of amides is 1. The molecule has 1 rings (SSSR count). The first kappa shape index (κ1) is 20.5. The van der Waals surface area contributed by atoms with E-state index < -0.39 is 0 Å². The molecule has 0 bridgehead atoms. The molecule has 0 aliphatic carbocycles. The van der Waals surface area contributed by atoms with Gasteiger partial charge in [-0.2, -0.15) is 0 Å². The molecule has 1 aromatic carbocycles. The van der Waals surface area contributed by atoms with Gasteiger partial charge in [0.05, 0.1) is 12.5 Å². The van der Waals surface area contributed by atoms with E-state index in [1.54, 1.807) is 0 Å². The Morgan fingerprint density at radius 1 is 1.20 bits per heavy atom. The van der Waals surface area contributed by atoms with E-state index in [2.05, 4.69) is 19.2 Å². The summed E-state index contributed by atoms with van der Waals surface area (Å²) in [5, 5.41) is 3.98. The normalized spacial score (nSPS) is 10.2. The number of hydrogen-bond acceptors (Lipinski definition) is 2. The number of ether oxygens (including phenoxy) is 1. The number of carbonyl (C=O) groups excluding carboxylic acids is 1. The zero-order valence-electron chi connectivity index (χ0n) is 13.0. The van der Waals surface area contributed by atoms with Crippen molar-refractivity contribution in [3.8, 4) is 0 Å². The second-order valence-corrected chi connectivity index (χ2v) is 5.14. The van der Waals surface area contributed by atoms with Crippen LogP contribution in [0.2, 0.25) is 0 Å². The molecule has 1 aromatic rings. The molecule has 106 valence electrons. The summed E-state index contributed by atoms with van der Waals surface area (Å²) in [6.45, 7) is 5.63. The van der Waals surface area contributed by atoms with E-state index in [1.807, 2.05) is 30.3 Å². The maximum absolute atomic E-state index is 11.5. The van der Waals surface area contributed by atoms with Crippen LogP contribution in [0.1, 0.15) is 38.7 Å². The summed E-state index contributed by atoms with van der Waals surface area (Å²) >= 11 is 0. The molecule has 0 aliphatic heterocycles. The number of rotatable bonds is 9. The van der Waals surface area contributed by atoms with Gasteiger partial charge in [-0.05, 0) is 12.3 Å².